The molecule has 0 heterocycles. The van der Waals surface area contributed by atoms with E-state index in [0.29, 0.717) is 17.4 Å². The van der Waals surface area contributed by atoms with E-state index in [-0.39, 0.29) is 6.04 Å². The second-order valence-electron chi connectivity index (χ2n) is 6.93. The van der Waals surface area contributed by atoms with Crippen molar-refractivity contribution in [2.75, 3.05) is 13.6 Å². The summed E-state index contributed by atoms with van der Waals surface area (Å²) in [6, 6.07) is 7.10. The topological polar surface area (TPSA) is 82.6 Å². The van der Waals surface area contributed by atoms with Gasteiger partial charge in [-0.3, -0.25) is 4.99 Å². The SMILES string of the molecule is CN=C(NCCCC(C)C)NCc1ccc(S(=O)(=O)NC2CC2)cc1. The zero-order chi connectivity index (χ0) is 18.3. The van der Waals surface area contributed by atoms with E-state index in [2.05, 4.69) is 34.2 Å². The maximum atomic E-state index is 12.1. The number of guanidine groups is 1. The van der Waals surface area contributed by atoms with Gasteiger partial charge in [-0.25, -0.2) is 13.1 Å². The van der Waals surface area contributed by atoms with Crippen LogP contribution in [-0.4, -0.2) is 34.0 Å². The highest BCUT2D eigenvalue weighted by Gasteiger charge is 2.27. The lowest BCUT2D eigenvalue weighted by atomic mass is 10.1. The van der Waals surface area contributed by atoms with Gasteiger partial charge in [-0.15, -0.1) is 0 Å². The van der Waals surface area contributed by atoms with Gasteiger partial charge in [0.15, 0.2) is 5.96 Å². The lowest BCUT2D eigenvalue weighted by Crippen LogP contribution is -2.37. The average Bonchev–Trinajstić information content (AvgIpc) is 3.37. The van der Waals surface area contributed by atoms with E-state index in [1.54, 1.807) is 19.2 Å². The molecule has 0 aromatic heterocycles. The summed E-state index contributed by atoms with van der Waals surface area (Å²) in [5.41, 5.74) is 1.01. The highest BCUT2D eigenvalue weighted by atomic mass is 32.2. The summed E-state index contributed by atoms with van der Waals surface area (Å²) in [5, 5.41) is 6.54. The van der Waals surface area contributed by atoms with Crippen LogP contribution in [0.25, 0.3) is 0 Å². The van der Waals surface area contributed by atoms with Crippen molar-refractivity contribution in [1.82, 2.24) is 15.4 Å². The molecule has 1 fully saturated rings. The van der Waals surface area contributed by atoms with Crippen molar-refractivity contribution in [1.29, 1.82) is 0 Å². The first kappa shape index (κ1) is 19.7. The Morgan fingerprint density at radius 3 is 2.44 bits per heavy atom. The number of rotatable bonds is 9. The van der Waals surface area contributed by atoms with E-state index in [1.807, 2.05) is 12.1 Å². The van der Waals surface area contributed by atoms with Gasteiger partial charge in [0.2, 0.25) is 10.0 Å². The van der Waals surface area contributed by atoms with Gasteiger partial charge in [-0.2, -0.15) is 0 Å². The van der Waals surface area contributed by atoms with Gasteiger partial charge in [-0.05, 0) is 49.3 Å². The molecule has 1 aliphatic rings. The van der Waals surface area contributed by atoms with Crippen molar-refractivity contribution in [3.63, 3.8) is 0 Å². The normalized spacial score (nSPS) is 15.4. The van der Waals surface area contributed by atoms with Crippen LogP contribution in [-0.2, 0) is 16.6 Å². The van der Waals surface area contributed by atoms with Gasteiger partial charge in [0.25, 0.3) is 0 Å². The molecule has 1 aromatic rings. The number of aliphatic imine (C=N–C) groups is 1. The number of benzene rings is 1. The van der Waals surface area contributed by atoms with Crippen molar-refractivity contribution < 1.29 is 8.42 Å². The smallest absolute Gasteiger partial charge is 0.240 e. The standard InChI is InChI=1S/C18H30N4O2S/c1-14(2)5-4-12-20-18(19-3)21-13-15-6-10-17(11-7-15)25(23,24)22-16-8-9-16/h6-7,10-11,14,16,22H,4-5,8-9,12-13H2,1-3H3,(H2,19,20,21). The highest BCUT2D eigenvalue weighted by Crippen LogP contribution is 2.22. The molecule has 0 spiro atoms. The Balaban J connectivity index is 1.79. The molecule has 1 aliphatic carbocycles. The zero-order valence-electron chi connectivity index (χ0n) is 15.4. The summed E-state index contributed by atoms with van der Waals surface area (Å²) < 4.78 is 27.0. The fourth-order valence-electron chi connectivity index (χ4n) is 2.40. The largest absolute Gasteiger partial charge is 0.356 e. The number of hydrogen-bond acceptors (Lipinski definition) is 3. The molecule has 0 unspecified atom stereocenters. The molecule has 0 radical (unpaired) electrons. The summed E-state index contributed by atoms with van der Waals surface area (Å²) >= 11 is 0. The Hall–Kier alpha value is -1.60. The first-order chi connectivity index (χ1) is 11.9. The Morgan fingerprint density at radius 2 is 1.88 bits per heavy atom. The molecule has 0 amide bonds. The fourth-order valence-corrected chi connectivity index (χ4v) is 3.70. The van der Waals surface area contributed by atoms with Crippen LogP contribution < -0.4 is 15.4 Å². The van der Waals surface area contributed by atoms with Crippen LogP contribution >= 0.6 is 0 Å². The first-order valence-corrected chi connectivity index (χ1v) is 10.4. The monoisotopic (exact) mass is 366 g/mol. The molecule has 140 valence electrons. The second kappa shape index (κ2) is 9.20. The number of nitrogens with zero attached hydrogens (tertiary/aromatic N) is 1. The molecule has 0 atom stereocenters. The van der Waals surface area contributed by atoms with Crippen LogP contribution in [0.5, 0.6) is 0 Å². The molecular formula is C18H30N4O2S. The summed E-state index contributed by atoms with van der Waals surface area (Å²) in [4.78, 5) is 4.52. The van der Waals surface area contributed by atoms with E-state index in [4.69, 9.17) is 0 Å². The van der Waals surface area contributed by atoms with Gasteiger partial charge >= 0.3 is 0 Å². The number of sulfonamides is 1. The lowest BCUT2D eigenvalue weighted by molar-refractivity contribution is 0.549. The van der Waals surface area contributed by atoms with Gasteiger partial charge in [0.1, 0.15) is 0 Å². The fraction of sp³-hybridized carbons (Fsp3) is 0.611. The van der Waals surface area contributed by atoms with E-state index in [0.717, 1.165) is 37.3 Å². The maximum Gasteiger partial charge on any atom is 0.240 e. The van der Waals surface area contributed by atoms with Crippen LogP contribution in [0.2, 0.25) is 0 Å². The minimum atomic E-state index is -3.38. The molecule has 2 rings (SSSR count). The molecule has 0 bridgehead atoms. The summed E-state index contributed by atoms with van der Waals surface area (Å²) in [6.45, 7) is 5.93. The summed E-state index contributed by atoms with van der Waals surface area (Å²) in [5.74, 6) is 1.47. The second-order valence-corrected chi connectivity index (χ2v) is 8.64. The number of hydrogen-bond donors (Lipinski definition) is 3. The van der Waals surface area contributed by atoms with E-state index < -0.39 is 10.0 Å². The van der Waals surface area contributed by atoms with Crippen LogP contribution in [0.4, 0.5) is 0 Å². The van der Waals surface area contributed by atoms with Gasteiger partial charge in [0, 0.05) is 26.2 Å². The molecule has 1 aromatic carbocycles. The van der Waals surface area contributed by atoms with E-state index >= 15 is 0 Å². The average molecular weight is 367 g/mol. The third-order valence-corrected chi connectivity index (χ3v) is 5.60. The van der Waals surface area contributed by atoms with Crippen LogP contribution in [0.15, 0.2) is 34.2 Å². The van der Waals surface area contributed by atoms with Crippen LogP contribution in [0.1, 0.15) is 45.1 Å². The molecular weight excluding hydrogens is 336 g/mol. The molecule has 3 N–H and O–H groups in total. The molecule has 7 heteroatoms. The van der Waals surface area contributed by atoms with Crippen molar-refractivity contribution in [3.8, 4) is 0 Å². The molecule has 0 aliphatic heterocycles. The molecule has 6 nitrogen and oxygen atoms in total. The Bertz CT molecular complexity index is 665. The van der Waals surface area contributed by atoms with Crippen LogP contribution in [0.3, 0.4) is 0 Å². The third-order valence-electron chi connectivity index (χ3n) is 4.07. The number of nitrogens with one attached hydrogen (secondary N) is 3. The van der Waals surface area contributed by atoms with Crippen molar-refractivity contribution in [2.45, 2.75) is 57.0 Å². The molecule has 25 heavy (non-hydrogen) atoms. The Kier molecular flexibility index (Phi) is 7.25. The molecule has 0 saturated heterocycles. The van der Waals surface area contributed by atoms with E-state index in [9.17, 15) is 8.42 Å². The van der Waals surface area contributed by atoms with Gasteiger partial charge in [-0.1, -0.05) is 26.0 Å². The zero-order valence-corrected chi connectivity index (χ0v) is 16.2. The third kappa shape index (κ3) is 7.04. The van der Waals surface area contributed by atoms with Gasteiger partial charge < -0.3 is 10.6 Å². The quantitative estimate of drug-likeness (QED) is 0.356. The lowest BCUT2D eigenvalue weighted by Gasteiger charge is -2.13. The summed E-state index contributed by atoms with van der Waals surface area (Å²) in [6.07, 6.45) is 4.17. The Morgan fingerprint density at radius 1 is 1.20 bits per heavy atom. The van der Waals surface area contributed by atoms with Crippen molar-refractivity contribution in [2.24, 2.45) is 10.9 Å². The highest BCUT2D eigenvalue weighted by molar-refractivity contribution is 7.89. The van der Waals surface area contributed by atoms with Crippen LogP contribution in [0, 0.1) is 5.92 Å². The minimum absolute atomic E-state index is 0.122. The molecule has 1 saturated carbocycles. The predicted octanol–water partition coefficient (Wildman–Crippen LogP) is 2.23. The maximum absolute atomic E-state index is 12.1. The Labute approximate surface area is 151 Å². The van der Waals surface area contributed by atoms with Gasteiger partial charge in [0.05, 0.1) is 4.90 Å². The first-order valence-electron chi connectivity index (χ1n) is 8.96. The predicted molar refractivity (Wildman–Crippen MR) is 102 cm³/mol. The van der Waals surface area contributed by atoms with E-state index in [1.165, 1.54) is 6.42 Å². The van der Waals surface area contributed by atoms with Crippen molar-refractivity contribution >= 4 is 16.0 Å². The van der Waals surface area contributed by atoms with Crippen molar-refractivity contribution in [3.05, 3.63) is 29.8 Å². The minimum Gasteiger partial charge on any atom is -0.356 e. The summed E-state index contributed by atoms with van der Waals surface area (Å²) in [7, 11) is -1.63.